The van der Waals surface area contributed by atoms with Gasteiger partial charge in [0, 0.05) is 24.3 Å². The fourth-order valence-corrected chi connectivity index (χ4v) is 4.42. The molecular formula is C23H23ClN8O5S. The molecule has 0 saturated carbocycles. The van der Waals surface area contributed by atoms with Crippen molar-refractivity contribution < 1.29 is 24.5 Å². The van der Waals surface area contributed by atoms with Gasteiger partial charge in [0.2, 0.25) is 5.28 Å². The zero-order chi connectivity index (χ0) is 26.8. The quantitative estimate of drug-likeness (QED) is 0.132. The van der Waals surface area contributed by atoms with Crippen LogP contribution in [-0.4, -0.2) is 87.2 Å². The molecule has 1 aromatic carbocycles. The van der Waals surface area contributed by atoms with Crippen LogP contribution in [0.4, 0.5) is 5.82 Å². The number of aliphatic hydroxyl groups is 2. The summed E-state index contributed by atoms with van der Waals surface area (Å²) in [5.74, 6) is 0.952. The van der Waals surface area contributed by atoms with Crippen molar-refractivity contribution in [3.05, 3.63) is 47.8 Å². The number of thiocarbonyl (C=S) groups is 1. The summed E-state index contributed by atoms with van der Waals surface area (Å²) in [6, 6.07) is 9.17. The minimum absolute atomic E-state index is 0.0830. The van der Waals surface area contributed by atoms with Crippen molar-refractivity contribution >= 4 is 52.1 Å². The second kappa shape index (κ2) is 11.0. The van der Waals surface area contributed by atoms with Crippen LogP contribution >= 0.6 is 23.8 Å². The molecule has 4 aromatic rings. The average Bonchev–Trinajstić information content (AvgIpc) is 3.61. The number of nitrogens with zero attached hydrogens (tertiary/aromatic N) is 6. The van der Waals surface area contributed by atoms with Crippen LogP contribution in [0.15, 0.2) is 36.7 Å². The van der Waals surface area contributed by atoms with Gasteiger partial charge in [-0.25, -0.2) is 9.97 Å². The lowest BCUT2D eigenvalue weighted by Crippen LogP contribution is -2.34. The molecule has 1 fully saturated rings. The van der Waals surface area contributed by atoms with E-state index in [0.29, 0.717) is 29.4 Å². The van der Waals surface area contributed by atoms with Gasteiger partial charge in [0.15, 0.2) is 29.0 Å². The number of aromatic nitrogens is 7. The Morgan fingerprint density at radius 3 is 2.82 bits per heavy atom. The SMILES string of the molecule is CC(=O)OC[C@H]1O[C@@H](n2cnc3c(N[C@@H](C=S)Cc4nc(-c5ccccc5)n[nH]4)nc(Cl)nc32)[C@H](O)[C@@H]1O. The number of H-pyrrole nitrogens is 1. The first-order chi connectivity index (χ1) is 18.3. The van der Waals surface area contributed by atoms with E-state index < -0.39 is 36.6 Å². The number of fused-ring (bicyclic) bond motifs is 1. The minimum atomic E-state index is -1.34. The Morgan fingerprint density at radius 2 is 2.08 bits per heavy atom. The predicted molar refractivity (Wildman–Crippen MR) is 139 cm³/mol. The van der Waals surface area contributed by atoms with Gasteiger partial charge in [0.25, 0.3) is 0 Å². The van der Waals surface area contributed by atoms with Crippen LogP contribution in [-0.2, 0) is 20.7 Å². The second-order valence-corrected chi connectivity index (χ2v) is 9.19. The van der Waals surface area contributed by atoms with Crippen molar-refractivity contribution in [3.8, 4) is 11.4 Å². The number of anilines is 1. The maximum atomic E-state index is 11.1. The third-order valence-electron chi connectivity index (χ3n) is 5.92. The van der Waals surface area contributed by atoms with Gasteiger partial charge in [0.05, 0.1) is 12.4 Å². The number of aliphatic hydroxyl groups excluding tert-OH is 2. The number of esters is 1. The molecule has 1 saturated heterocycles. The third kappa shape index (κ3) is 5.35. The topological polar surface area (TPSA) is 173 Å². The Balaban J connectivity index is 1.36. The van der Waals surface area contributed by atoms with E-state index in [4.69, 9.17) is 33.3 Å². The number of carbonyl (C=O) groups excluding carboxylic acids is 1. The Kier molecular flexibility index (Phi) is 7.58. The molecule has 0 amide bonds. The van der Waals surface area contributed by atoms with E-state index in [9.17, 15) is 15.0 Å². The zero-order valence-electron chi connectivity index (χ0n) is 19.9. The van der Waals surface area contributed by atoms with E-state index in [0.717, 1.165) is 5.56 Å². The molecule has 4 N–H and O–H groups in total. The van der Waals surface area contributed by atoms with Gasteiger partial charge >= 0.3 is 5.97 Å². The molecule has 5 rings (SSSR count). The molecule has 4 heterocycles. The molecule has 0 radical (unpaired) electrons. The van der Waals surface area contributed by atoms with Crippen molar-refractivity contribution in [3.63, 3.8) is 0 Å². The number of rotatable bonds is 9. The monoisotopic (exact) mass is 558 g/mol. The van der Waals surface area contributed by atoms with Crippen molar-refractivity contribution in [1.29, 1.82) is 0 Å². The molecule has 198 valence electrons. The fourth-order valence-electron chi connectivity index (χ4n) is 4.09. The number of ether oxygens (including phenoxy) is 2. The molecular weight excluding hydrogens is 536 g/mol. The predicted octanol–water partition coefficient (Wildman–Crippen LogP) is 1.47. The van der Waals surface area contributed by atoms with E-state index in [1.54, 1.807) is 0 Å². The summed E-state index contributed by atoms with van der Waals surface area (Å²) in [6.07, 6.45) is -2.85. The lowest BCUT2D eigenvalue weighted by atomic mass is 10.1. The van der Waals surface area contributed by atoms with Gasteiger partial charge in [-0.3, -0.25) is 14.5 Å². The van der Waals surface area contributed by atoms with Crippen LogP contribution in [0.2, 0.25) is 5.28 Å². The van der Waals surface area contributed by atoms with E-state index in [-0.39, 0.29) is 17.5 Å². The molecule has 15 heteroatoms. The number of carbonyl (C=O) groups is 1. The van der Waals surface area contributed by atoms with Gasteiger partial charge < -0.3 is 25.0 Å². The highest BCUT2D eigenvalue weighted by molar-refractivity contribution is 7.79. The van der Waals surface area contributed by atoms with Crippen molar-refractivity contribution in [2.24, 2.45) is 0 Å². The van der Waals surface area contributed by atoms with E-state index in [1.807, 2.05) is 30.3 Å². The van der Waals surface area contributed by atoms with Crippen LogP contribution < -0.4 is 5.32 Å². The van der Waals surface area contributed by atoms with Crippen LogP contribution in [0.5, 0.6) is 0 Å². The summed E-state index contributed by atoms with van der Waals surface area (Å²) in [4.78, 5) is 28.6. The largest absolute Gasteiger partial charge is 0.463 e. The molecule has 0 unspecified atom stereocenters. The highest BCUT2D eigenvalue weighted by atomic mass is 35.5. The molecule has 1 aliphatic rings. The summed E-state index contributed by atoms with van der Waals surface area (Å²) < 4.78 is 12.1. The van der Waals surface area contributed by atoms with E-state index >= 15 is 0 Å². The average molecular weight is 559 g/mol. The first kappa shape index (κ1) is 26.1. The van der Waals surface area contributed by atoms with Gasteiger partial charge in [-0.1, -0.05) is 42.5 Å². The van der Waals surface area contributed by atoms with Gasteiger partial charge in [-0.2, -0.15) is 15.1 Å². The van der Waals surface area contributed by atoms with Crippen LogP contribution in [0.3, 0.4) is 0 Å². The lowest BCUT2D eigenvalue weighted by Gasteiger charge is -2.17. The fraction of sp³-hybridized carbons (Fsp3) is 0.348. The molecule has 3 aromatic heterocycles. The number of nitrogens with one attached hydrogen (secondary N) is 2. The number of halogens is 1. The number of imidazole rings is 1. The highest BCUT2D eigenvalue weighted by Crippen LogP contribution is 2.33. The summed E-state index contributed by atoms with van der Waals surface area (Å²) in [7, 11) is 0. The summed E-state index contributed by atoms with van der Waals surface area (Å²) >= 11 is 11.5. The first-order valence-electron chi connectivity index (χ1n) is 11.6. The molecule has 0 spiro atoms. The smallest absolute Gasteiger partial charge is 0.302 e. The first-order valence-corrected chi connectivity index (χ1v) is 12.4. The van der Waals surface area contributed by atoms with Crippen LogP contribution in [0.25, 0.3) is 22.6 Å². The number of hydrogen-bond donors (Lipinski definition) is 4. The van der Waals surface area contributed by atoms with Gasteiger partial charge in [-0.05, 0) is 11.6 Å². The molecule has 13 nitrogen and oxygen atoms in total. The lowest BCUT2D eigenvalue weighted by molar-refractivity contribution is -0.147. The molecule has 38 heavy (non-hydrogen) atoms. The number of benzene rings is 1. The van der Waals surface area contributed by atoms with Crippen molar-refractivity contribution in [2.75, 3.05) is 11.9 Å². The van der Waals surface area contributed by atoms with E-state index in [2.05, 4.69) is 35.5 Å². The Hall–Kier alpha value is -3.56. The third-order valence-corrected chi connectivity index (χ3v) is 6.42. The Labute approximate surface area is 226 Å². The van der Waals surface area contributed by atoms with Crippen molar-refractivity contribution in [2.45, 2.75) is 43.9 Å². The number of hydrogen-bond acceptors (Lipinski definition) is 12. The molecule has 5 atom stereocenters. The molecule has 0 bridgehead atoms. The summed E-state index contributed by atoms with van der Waals surface area (Å²) in [6.45, 7) is 1.02. The maximum Gasteiger partial charge on any atom is 0.302 e. The molecule has 1 aliphatic heterocycles. The Bertz CT molecular complexity index is 1450. The van der Waals surface area contributed by atoms with Crippen LogP contribution in [0.1, 0.15) is 19.0 Å². The van der Waals surface area contributed by atoms with Gasteiger partial charge in [0.1, 0.15) is 30.7 Å². The number of aromatic amines is 1. The second-order valence-electron chi connectivity index (χ2n) is 8.58. The highest BCUT2D eigenvalue weighted by Gasteiger charge is 2.45. The Morgan fingerprint density at radius 1 is 1.29 bits per heavy atom. The summed E-state index contributed by atoms with van der Waals surface area (Å²) in [5.41, 5.74) is 1.48. The maximum absolute atomic E-state index is 11.1. The minimum Gasteiger partial charge on any atom is -0.463 e. The van der Waals surface area contributed by atoms with Crippen molar-refractivity contribution in [1.82, 2.24) is 34.7 Å². The zero-order valence-corrected chi connectivity index (χ0v) is 21.5. The normalized spacial score (nSPS) is 21.9. The van der Waals surface area contributed by atoms with Crippen LogP contribution in [0, 0.1) is 0 Å². The standard InChI is InChI=1S/C23H23ClN8O5S/c1-11(33)36-8-14-17(34)18(35)22(37-14)32-10-25-16-20(28-23(24)29-21(16)32)26-13(9-38)7-15-27-19(31-30-15)12-5-3-2-4-6-12/h2-6,9-10,13-14,17-18,22,34-35H,7-8H2,1H3,(H,26,28,29)(H,27,30,31)/t13-,14-,17-,18-,22-/m1/s1. The molecule has 0 aliphatic carbocycles. The van der Waals surface area contributed by atoms with Gasteiger partial charge in [-0.15, -0.1) is 0 Å². The summed E-state index contributed by atoms with van der Waals surface area (Å²) in [5, 5.41) is 32.8. The van der Waals surface area contributed by atoms with E-state index in [1.165, 1.54) is 23.2 Å².